The fraction of sp³-hybridized carbons (Fsp3) is 0.562. The molecule has 1 aromatic carbocycles. The van der Waals surface area contributed by atoms with Crippen LogP contribution in [0.1, 0.15) is 24.5 Å². The summed E-state index contributed by atoms with van der Waals surface area (Å²) < 4.78 is 0. The van der Waals surface area contributed by atoms with Crippen LogP contribution in [0.2, 0.25) is 5.02 Å². The Balaban J connectivity index is 1.48. The molecule has 2 fully saturated rings. The van der Waals surface area contributed by atoms with Gasteiger partial charge in [0.1, 0.15) is 0 Å². The van der Waals surface area contributed by atoms with Crippen LogP contribution < -0.4 is 0 Å². The zero-order chi connectivity index (χ0) is 14.8. The molecule has 1 amide bonds. The minimum absolute atomic E-state index is 0.302. The van der Waals surface area contributed by atoms with Gasteiger partial charge < -0.3 is 10.0 Å². The highest BCUT2D eigenvalue weighted by Crippen LogP contribution is 2.31. The number of benzene rings is 1. The SMILES string of the molecule is O=C(C1CC1)N1CCN(C[C@@H](O)c2ccc(Cl)cc2)CC1. The van der Waals surface area contributed by atoms with E-state index in [9.17, 15) is 9.90 Å². The molecule has 4 nitrogen and oxygen atoms in total. The predicted molar refractivity (Wildman–Crippen MR) is 82.2 cm³/mol. The third-order valence-corrected chi connectivity index (χ3v) is 4.55. The monoisotopic (exact) mass is 308 g/mol. The summed E-state index contributed by atoms with van der Waals surface area (Å²) in [4.78, 5) is 16.2. The topological polar surface area (TPSA) is 43.8 Å². The second-order valence-electron chi connectivity index (χ2n) is 5.97. The highest BCUT2D eigenvalue weighted by Gasteiger charge is 2.34. The van der Waals surface area contributed by atoms with Crippen molar-refractivity contribution in [2.75, 3.05) is 32.7 Å². The highest BCUT2D eigenvalue weighted by atomic mass is 35.5. The van der Waals surface area contributed by atoms with Gasteiger partial charge in [0.15, 0.2) is 0 Å². The third kappa shape index (κ3) is 3.76. The molecule has 0 spiro atoms. The quantitative estimate of drug-likeness (QED) is 0.924. The molecule has 1 N–H and O–H groups in total. The van der Waals surface area contributed by atoms with Crippen LogP contribution >= 0.6 is 11.6 Å². The molecule has 1 heterocycles. The van der Waals surface area contributed by atoms with E-state index in [1.807, 2.05) is 17.0 Å². The summed E-state index contributed by atoms with van der Waals surface area (Å²) in [5.41, 5.74) is 0.885. The normalized spacial score (nSPS) is 21.3. The lowest BCUT2D eigenvalue weighted by atomic mass is 10.1. The molecule has 21 heavy (non-hydrogen) atoms. The molecule has 0 bridgehead atoms. The molecule has 1 saturated heterocycles. The standard InChI is InChI=1S/C16H21ClN2O2/c17-14-5-3-12(4-6-14)15(20)11-18-7-9-19(10-8-18)16(21)13-1-2-13/h3-6,13,15,20H,1-2,7-11H2/t15-/m1/s1. The van der Waals surface area contributed by atoms with E-state index in [0.29, 0.717) is 23.4 Å². The number of hydrogen-bond donors (Lipinski definition) is 1. The van der Waals surface area contributed by atoms with Crippen molar-refractivity contribution in [1.82, 2.24) is 9.80 Å². The van der Waals surface area contributed by atoms with Crippen LogP contribution in [0.25, 0.3) is 0 Å². The number of amides is 1. The number of aliphatic hydroxyl groups excluding tert-OH is 1. The van der Waals surface area contributed by atoms with Gasteiger partial charge in [-0.3, -0.25) is 9.69 Å². The van der Waals surface area contributed by atoms with E-state index in [-0.39, 0.29) is 0 Å². The van der Waals surface area contributed by atoms with E-state index in [1.54, 1.807) is 12.1 Å². The number of carbonyl (C=O) groups is 1. The molecule has 1 saturated carbocycles. The molecule has 0 unspecified atom stereocenters. The van der Waals surface area contributed by atoms with Crippen LogP contribution in [0.3, 0.4) is 0 Å². The van der Waals surface area contributed by atoms with E-state index < -0.39 is 6.10 Å². The first-order valence-electron chi connectivity index (χ1n) is 7.58. The van der Waals surface area contributed by atoms with Gasteiger partial charge in [-0.1, -0.05) is 23.7 Å². The smallest absolute Gasteiger partial charge is 0.225 e. The first kappa shape index (κ1) is 14.8. The molecule has 5 heteroatoms. The number of aliphatic hydroxyl groups is 1. The summed E-state index contributed by atoms with van der Waals surface area (Å²) in [6.07, 6.45) is 1.62. The summed E-state index contributed by atoms with van der Waals surface area (Å²) in [7, 11) is 0. The predicted octanol–water partition coefficient (Wildman–Crippen LogP) is 1.93. The van der Waals surface area contributed by atoms with Gasteiger partial charge in [0.05, 0.1) is 6.10 Å². The Bertz CT molecular complexity index is 494. The average molecular weight is 309 g/mol. The van der Waals surface area contributed by atoms with Crippen LogP contribution in [-0.4, -0.2) is 53.5 Å². The molecule has 1 aliphatic carbocycles. The Kier molecular flexibility index (Phi) is 4.48. The summed E-state index contributed by atoms with van der Waals surface area (Å²) in [6.45, 7) is 3.84. The van der Waals surface area contributed by atoms with Crippen molar-refractivity contribution < 1.29 is 9.90 Å². The van der Waals surface area contributed by atoms with E-state index in [0.717, 1.165) is 44.6 Å². The van der Waals surface area contributed by atoms with Gasteiger partial charge in [0.25, 0.3) is 0 Å². The van der Waals surface area contributed by atoms with E-state index >= 15 is 0 Å². The van der Waals surface area contributed by atoms with Gasteiger partial charge in [-0.25, -0.2) is 0 Å². The first-order valence-corrected chi connectivity index (χ1v) is 7.96. The van der Waals surface area contributed by atoms with Gasteiger partial charge >= 0.3 is 0 Å². The van der Waals surface area contributed by atoms with Crippen LogP contribution in [0.15, 0.2) is 24.3 Å². The van der Waals surface area contributed by atoms with E-state index in [1.165, 1.54) is 0 Å². The molecule has 3 rings (SSSR count). The van der Waals surface area contributed by atoms with Gasteiger partial charge in [0.2, 0.25) is 5.91 Å². The number of carbonyl (C=O) groups excluding carboxylic acids is 1. The van der Waals surface area contributed by atoms with Crippen molar-refractivity contribution in [1.29, 1.82) is 0 Å². The molecule has 1 atom stereocenters. The van der Waals surface area contributed by atoms with Crippen molar-refractivity contribution in [3.05, 3.63) is 34.9 Å². The van der Waals surface area contributed by atoms with Crippen LogP contribution in [0, 0.1) is 5.92 Å². The first-order chi connectivity index (χ1) is 10.1. The van der Waals surface area contributed by atoms with Crippen LogP contribution in [-0.2, 0) is 4.79 Å². The van der Waals surface area contributed by atoms with Crippen LogP contribution in [0.5, 0.6) is 0 Å². The average Bonchev–Trinajstić information content (AvgIpc) is 3.32. The summed E-state index contributed by atoms with van der Waals surface area (Å²) >= 11 is 5.86. The van der Waals surface area contributed by atoms with Crippen molar-refractivity contribution in [2.45, 2.75) is 18.9 Å². The second-order valence-corrected chi connectivity index (χ2v) is 6.40. The van der Waals surface area contributed by atoms with Gasteiger partial charge in [-0.2, -0.15) is 0 Å². The van der Waals surface area contributed by atoms with Gasteiger partial charge in [-0.05, 0) is 30.5 Å². The van der Waals surface area contributed by atoms with E-state index in [2.05, 4.69) is 4.90 Å². The Morgan fingerprint density at radius 2 is 1.81 bits per heavy atom. The molecule has 2 aliphatic rings. The van der Waals surface area contributed by atoms with Crippen LogP contribution in [0.4, 0.5) is 0 Å². The maximum atomic E-state index is 12.0. The minimum atomic E-state index is -0.507. The van der Waals surface area contributed by atoms with Crippen molar-refractivity contribution in [2.24, 2.45) is 5.92 Å². The summed E-state index contributed by atoms with van der Waals surface area (Å²) in [5.74, 6) is 0.629. The minimum Gasteiger partial charge on any atom is -0.387 e. The van der Waals surface area contributed by atoms with Crippen molar-refractivity contribution in [3.63, 3.8) is 0 Å². The third-order valence-electron chi connectivity index (χ3n) is 4.30. The lowest BCUT2D eigenvalue weighted by Crippen LogP contribution is -2.50. The number of halogens is 1. The molecule has 0 aromatic heterocycles. The maximum absolute atomic E-state index is 12.0. The Labute approximate surface area is 130 Å². The molecule has 1 aromatic rings. The molecular weight excluding hydrogens is 288 g/mol. The fourth-order valence-electron chi connectivity index (χ4n) is 2.77. The molecule has 0 radical (unpaired) electrons. The molecular formula is C16H21ClN2O2. The van der Waals surface area contributed by atoms with E-state index in [4.69, 9.17) is 11.6 Å². The maximum Gasteiger partial charge on any atom is 0.225 e. The number of β-amino-alcohol motifs (C(OH)–C–C–N with tert-alkyl or cyclic N) is 1. The highest BCUT2D eigenvalue weighted by molar-refractivity contribution is 6.30. The zero-order valence-corrected chi connectivity index (χ0v) is 12.8. The number of nitrogens with zero attached hydrogens (tertiary/aromatic N) is 2. The second kappa shape index (κ2) is 6.34. The summed E-state index contributed by atoms with van der Waals surface area (Å²) in [6, 6.07) is 7.32. The lowest BCUT2D eigenvalue weighted by Gasteiger charge is -2.35. The Morgan fingerprint density at radius 3 is 2.38 bits per heavy atom. The number of piperazine rings is 1. The lowest BCUT2D eigenvalue weighted by molar-refractivity contribution is -0.134. The zero-order valence-electron chi connectivity index (χ0n) is 12.0. The van der Waals surface area contributed by atoms with Gasteiger partial charge in [0, 0.05) is 43.7 Å². The Morgan fingerprint density at radius 1 is 1.19 bits per heavy atom. The Hall–Kier alpha value is -1.10. The largest absolute Gasteiger partial charge is 0.387 e. The summed E-state index contributed by atoms with van der Waals surface area (Å²) in [5, 5.41) is 11.0. The fourth-order valence-corrected chi connectivity index (χ4v) is 2.90. The van der Waals surface area contributed by atoms with Gasteiger partial charge in [-0.15, -0.1) is 0 Å². The molecule has 1 aliphatic heterocycles. The van der Waals surface area contributed by atoms with Crippen molar-refractivity contribution >= 4 is 17.5 Å². The number of rotatable bonds is 4. The molecule has 114 valence electrons. The number of hydrogen-bond acceptors (Lipinski definition) is 3. The van der Waals surface area contributed by atoms with Crippen molar-refractivity contribution in [3.8, 4) is 0 Å².